The molecule has 0 saturated carbocycles. The number of hydrogen-bond donors (Lipinski definition) is 2. The fraction of sp³-hybridized carbons (Fsp3) is 0.364. The molecule has 16 heavy (non-hydrogen) atoms. The fourth-order valence-electron chi connectivity index (χ4n) is 1.19. The van der Waals surface area contributed by atoms with Gasteiger partial charge in [-0.25, -0.2) is 4.98 Å². The lowest BCUT2D eigenvalue weighted by Crippen LogP contribution is -2.37. The third-order valence-electron chi connectivity index (χ3n) is 1.97. The van der Waals surface area contributed by atoms with Crippen molar-refractivity contribution in [2.75, 3.05) is 11.9 Å². The summed E-state index contributed by atoms with van der Waals surface area (Å²) < 4.78 is 0. The van der Waals surface area contributed by atoms with Crippen LogP contribution in [0.15, 0.2) is 18.2 Å². The van der Waals surface area contributed by atoms with Gasteiger partial charge in [-0.2, -0.15) is 5.26 Å². The lowest BCUT2D eigenvalue weighted by Gasteiger charge is -2.13. The van der Waals surface area contributed by atoms with Crippen LogP contribution in [-0.4, -0.2) is 23.5 Å². The predicted molar refractivity (Wildman–Crippen MR) is 60.7 cm³/mol. The number of amides is 1. The number of carbonyl (C=O) groups excluding carboxylic acids is 1. The Bertz CT molecular complexity index is 411. The maximum absolute atomic E-state index is 11.4. The zero-order valence-electron chi connectivity index (χ0n) is 9.32. The molecule has 2 N–H and O–H groups in total. The van der Waals surface area contributed by atoms with Crippen LogP contribution in [0.4, 0.5) is 5.82 Å². The first-order valence-corrected chi connectivity index (χ1v) is 5.08. The highest BCUT2D eigenvalue weighted by atomic mass is 16.2. The third kappa shape index (κ3) is 3.24. The molecule has 5 nitrogen and oxygen atoms in total. The molecule has 0 saturated heterocycles. The Kier molecular flexibility index (Phi) is 4.28. The lowest BCUT2D eigenvalue weighted by molar-refractivity contribution is -0.121. The molecule has 5 heteroatoms. The van der Waals surface area contributed by atoms with Gasteiger partial charge in [0.25, 0.3) is 0 Å². The summed E-state index contributed by atoms with van der Waals surface area (Å²) in [6, 6.07) is 6.62. The maximum Gasteiger partial charge on any atom is 0.242 e. The zero-order valence-corrected chi connectivity index (χ0v) is 9.32. The minimum absolute atomic E-state index is 0.0911. The van der Waals surface area contributed by atoms with Gasteiger partial charge in [0.2, 0.25) is 5.91 Å². The van der Waals surface area contributed by atoms with E-state index in [9.17, 15) is 4.79 Å². The quantitative estimate of drug-likeness (QED) is 0.786. The number of nitrogens with zero attached hydrogens (tertiary/aromatic N) is 2. The third-order valence-corrected chi connectivity index (χ3v) is 1.97. The van der Waals surface area contributed by atoms with Gasteiger partial charge in [0.05, 0.1) is 0 Å². The van der Waals surface area contributed by atoms with Gasteiger partial charge in [-0.15, -0.1) is 0 Å². The van der Waals surface area contributed by atoms with Crippen LogP contribution in [-0.2, 0) is 4.79 Å². The number of carbonyl (C=O) groups is 1. The minimum Gasteiger partial charge on any atom is -0.359 e. The van der Waals surface area contributed by atoms with E-state index in [1.807, 2.05) is 13.0 Å². The van der Waals surface area contributed by atoms with Gasteiger partial charge in [0.1, 0.15) is 23.6 Å². The van der Waals surface area contributed by atoms with Crippen LogP contribution in [0, 0.1) is 11.3 Å². The van der Waals surface area contributed by atoms with E-state index in [1.54, 1.807) is 25.1 Å². The molecule has 0 bridgehead atoms. The smallest absolute Gasteiger partial charge is 0.242 e. The summed E-state index contributed by atoms with van der Waals surface area (Å²) in [7, 11) is 0. The Balaban J connectivity index is 2.66. The average molecular weight is 218 g/mol. The predicted octanol–water partition coefficient (Wildman–Crippen LogP) is 0.890. The molecule has 84 valence electrons. The van der Waals surface area contributed by atoms with Crippen molar-refractivity contribution >= 4 is 11.7 Å². The largest absolute Gasteiger partial charge is 0.359 e. The van der Waals surface area contributed by atoms with E-state index in [2.05, 4.69) is 15.6 Å². The van der Waals surface area contributed by atoms with E-state index in [0.29, 0.717) is 18.1 Å². The van der Waals surface area contributed by atoms with E-state index >= 15 is 0 Å². The summed E-state index contributed by atoms with van der Waals surface area (Å²) >= 11 is 0. The Morgan fingerprint density at radius 2 is 2.38 bits per heavy atom. The summed E-state index contributed by atoms with van der Waals surface area (Å²) in [5, 5.41) is 14.3. The second-order valence-corrected chi connectivity index (χ2v) is 3.28. The zero-order chi connectivity index (χ0) is 12.0. The van der Waals surface area contributed by atoms with Crippen molar-refractivity contribution in [3.05, 3.63) is 23.9 Å². The summed E-state index contributed by atoms with van der Waals surface area (Å²) in [6.45, 7) is 4.20. The van der Waals surface area contributed by atoms with Crippen molar-refractivity contribution < 1.29 is 4.79 Å². The van der Waals surface area contributed by atoms with Crippen molar-refractivity contribution in [2.45, 2.75) is 19.9 Å². The molecule has 1 unspecified atom stereocenters. The van der Waals surface area contributed by atoms with E-state index < -0.39 is 0 Å². The molecule has 1 atom stereocenters. The molecule has 0 radical (unpaired) electrons. The van der Waals surface area contributed by atoms with Gasteiger partial charge < -0.3 is 10.6 Å². The highest BCUT2D eigenvalue weighted by Crippen LogP contribution is 2.05. The molecule has 1 rings (SSSR count). The molecule has 1 heterocycles. The minimum atomic E-state index is -0.374. The van der Waals surface area contributed by atoms with E-state index in [-0.39, 0.29) is 11.9 Å². The molecule has 1 aromatic rings. The van der Waals surface area contributed by atoms with Gasteiger partial charge in [-0.3, -0.25) is 4.79 Å². The molecule has 0 aliphatic heterocycles. The standard InChI is InChI=1S/C11H14N4O/c1-3-13-11(16)8(2)14-10-6-4-5-9(7-12)15-10/h4-6,8H,3H2,1-2H3,(H,13,16)(H,14,15). The van der Waals surface area contributed by atoms with Crippen LogP contribution in [0.2, 0.25) is 0 Å². The Morgan fingerprint density at radius 1 is 1.62 bits per heavy atom. The lowest BCUT2D eigenvalue weighted by atomic mass is 10.3. The van der Waals surface area contributed by atoms with Gasteiger partial charge in [-0.05, 0) is 26.0 Å². The van der Waals surface area contributed by atoms with Gasteiger partial charge >= 0.3 is 0 Å². The summed E-state index contributed by atoms with van der Waals surface area (Å²) in [5.41, 5.74) is 0.327. The molecule has 0 aliphatic carbocycles. The molecular formula is C11H14N4O. The van der Waals surface area contributed by atoms with Crippen LogP contribution in [0.25, 0.3) is 0 Å². The van der Waals surface area contributed by atoms with Gasteiger partial charge in [0.15, 0.2) is 0 Å². The Morgan fingerprint density at radius 3 is 3.00 bits per heavy atom. The van der Waals surface area contributed by atoms with Crippen LogP contribution in [0.3, 0.4) is 0 Å². The molecule has 0 aliphatic rings. The first-order chi connectivity index (χ1) is 7.67. The number of nitriles is 1. The van der Waals surface area contributed by atoms with E-state index in [4.69, 9.17) is 5.26 Å². The van der Waals surface area contributed by atoms with Crippen LogP contribution < -0.4 is 10.6 Å². The number of rotatable bonds is 4. The Labute approximate surface area is 94.5 Å². The highest BCUT2D eigenvalue weighted by molar-refractivity contribution is 5.83. The van der Waals surface area contributed by atoms with Crippen molar-refractivity contribution in [2.24, 2.45) is 0 Å². The number of anilines is 1. The molecule has 0 spiro atoms. The average Bonchev–Trinajstić information content (AvgIpc) is 2.29. The number of likely N-dealkylation sites (N-methyl/N-ethyl adjacent to an activating group) is 1. The van der Waals surface area contributed by atoms with Crippen molar-refractivity contribution in [1.82, 2.24) is 10.3 Å². The SMILES string of the molecule is CCNC(=O)C(C)Nc1cccc(C#N)n1. The first kappa shape index (κ1) is 12.0. The normalized spacial score (nSPS) is 11.3. The van der Waals surface area contributed by atoms with Crippen LogP contribution in [0.5, 0.6) is 0 Å². The fourth-order valence-corrected chi connectivity index (χ4v) is 1.19. The topological polar surface area (TPSA) is 77.8 Å². The number of nitrogens with one attached hydrogen (secondary N) is 2. The Hall–Kier alpha value is -2.09. The molecule has 1 amide bonds. The maximum atomic E-state index is 11.4. The van der Waals surface area contributed by atoms with Crippen LogP contribution >= 0.6 is 0 Å². The van der Waals surface area contributed by atoms with Gasteiger partial charge in [0, 0.05) is 6.54 Å². The molecule has 1 aromatic heterocycles. The van der Waals surface area contributed by atoms with E-state index in [0.717, 1.165) is 0 Å². The van der Waals surface area contributed by atoms with Gasteiger partial charge in [-0.1, -0.05) is 6.07 Å². The van der Waals surface area contributed by atoms with Crippen LogP contribution in [0.1, 0.15) is 19.5 Å². The van der Waals surface area contributed by atoms with E-state index in [1.165, 1.54) is 0 Å². The molecular weight excluding hydrogens is 204 g/mol. The summed E-state index contributed by atoms with van der Waals surface area (Å²) in [5.74, 6) is 0.435. The number of hydrogen-bond acceptors (Lipinski definition) is 4. The second kappa shape index (κ2) is 5.71. The number of pyridine rings is 1. The first-order valence-electron chi connectivity index (χ1n) is 5.08. The monoisotopic (exact) mass is 218 g/mol. The van der Waals surface area contributed by atoms with Crippen molar-refractivity contribution in [1.29, 1.82) is 5.26 Å². The second-order valence-electron chi connectivity index (χ2n) is 3.28. The van der Waals surface area contributed by atoms with Crippen molar-refractivity contribution in [3.63, 3.8) is 0 Å². The highest BCUT2D eigenvalue weighted by Gasteiger charge is 2.11. The molecule has 0 aromatic carbocycles. The number of aromatic nitrogens is 1. The van der Waals surface area contributed by atoms with Crippen molar-refractivity contribution in [3.8, 4) is 6.07 Å². The molecule has 0 fully saturated rings. The summed E-state index contributed by atoms with van der Waals surface area (Å²) in [4.78, 5) is 15.5. The summed E-state index contributed by atoms with van der Waals surface area (Å²) in [6.07, 6.45) is 0.